The number of anilines is 1. The molecule has 25 heavy (non-hydrogen) atoms. The van der Waals surface area contributed by atoms with Crippen molar-refractivity contribution in [2.75, 3.05) is 4.72 Å². The number of nitrogens with zero attached hydrogens (tertiary/aromatic N) is 4. The maximum absolute atomic E-state index is 12.4. The van der Waals surface area contributed by atoms with Crippen LogP contribution in [-0.2, 0) is 10.0 Å². The Morgan fingerprint density at radius 3 is 2.36 bits per heavy atom. The molecule has 3 aromatic rings. The van der Waals surface area contributed by atoms with Crippen molar-refractivity contribution in [1.82, 2.24) is 20.2 Å². The molecule has 0 radical (unpaired) electrons. The maximum atomic E-state index is 12.4. The topological polar surface area (TPSA) is 89.8 Å². The predicted molar refractivity (Wildman–Crippen MR) is 96.5 cm³/mol. The first-order valence-corrected chi connectivity index (χ1v) is 9.97. The number of tetrazole rings is 1. The highest BCUT2D eigenvalue weighted by Gasteiger charge is 2.28. The molecule has 1 saturated carbocycles. The Kier molecular flexibility index (Phi) is 4.04. The Bertz CT molecular complexity index is 996. The van der Waals surface area contributed by atoms with Gasteiger partial charge in [-0.1, -0.05) is 15.9 Å². The normalized spacial score (nSPS) is 14.4. The van der Waals surface area contributed by atoms with E-state index in [-0.39, 0.29) is 4.90 Å². The van der Waals surface area contributed by atoms with Gasteiger partial charge in [0.05, 0.1) is 10.9 Å². The van der Waals surface area contributed by atoms with Gasteiger partial charge in [0.1, 0.15) is 0 Å². The van der Waals surface area contributed by atoms with Gasteiger partial charge in [0.15, 0.2) is 5.82 Å². The van der Waals surface area contributed by atoms with Crippen molar-refractivity contribution < 1.29 is 8.42 Å². The lowest BCUT2D eigenvalue weighted by Gasteiger charge is -2.09. The molecule has 0 bridgehead atoms. The van der Waals surface area contributed by atoms with Crippen LogP contribution in [0.4, 0.5) is 5.69 Å². The Balaban J connectivity index is 1.56. The summed E-state index contributed by atoms with van der Waals surface area (Å²) in [5.41, 5.74) is 1.33. The van der Waals surface area contributed by atoms with Crippen LogP contribution in [0.5, 0.6) is 0 Å². The minimum absolute atomic E-state index is 0.206. The summed E-state index contributed by atoms with van der Waals surface area (Å²) in [6.45, 7) is 0. The van der Waals surface area contributed by atoms with Crippen LogP contribution in [0.25, 0.3) is 11.4 Å². The summed E-state index contributed by atoms with van der Waals surface area (Å²) < 4.78 is 30.0. The average Bonchev–Trinajstić information content (AvgIpc) is 3.33. The number of hydrogen-bond donors (Lipinski definition) is 1. The molecule has 1 aliphatic carbocycles. The summed E-state index contributed by atoms with van der Waals surface area (Å²) in [5.74, 6) is 0.699. The van der Waals surface area contributed by atoms with Crippen LogP contribution >= 0.6 is 15.9 Å². The molecule has 1 heterocycles. The number of hydrogen-bond acceptors (Lipinski definition) is 5. The van der Waals surface area contributed by atoms with Gasteiger partial charge in [-0.25, -0.2) is 13.1 Å². The molecule has 0 aliphatic heterocycles. The van der Waals surface area contributed by atoms with Crippen LogP contribution in [0.3, 0.4) is 0 Å². The zero-order chi connectivity index (χ0) is 17.4. The largest absolute Gasteiger partial charge is 0.280 e. The van der Waals surface area contributed by atoms with Crippen LogP contribution in [0.2, 0.25) is 0 Å². The monoisotopic (exact) mass is 419 g/mol. The van der Waals surface area contributed by atoms with Gasteiger partial charge in [0.2, 0.25) is 0 Å². The summed E-state index contributed by atoms with van der Waals surface area (Å²) in [4.78, 5) is 0.206. The molecule has 4 rings (SSSR count). The van der Waals surface area contributed by atoms with Crippen molar-refractivity contribution in [1.29, 1.82) is 0 Å². The number of aromatic nitrogens is 4. The number of sulfonamides is 1. The predicted octanol–water partition coefficient (Wildman–Crippen LogP) is 3.24. The van der Waals surface area contributed by atoms with Crippen molar-refractivity contribution in [2.45, 2.75) is 23.8 Å². The molecule has 0 amide bonds. The Morgan fingerprint density at radius 1 is 1.04 bits per heavy atom. The molecule has 0 atom stereocenters. The minimum Gasteiger partial charge on any atom is -0.280 e. The van der Waals surface area contributed by atoms with Crippen LogP contribution in [0, 0.1) is 0 Å². The van der Waals surface area contributed by atoms with Crippen molar-refractivity contribution >= 4 is 31.6 Å². The molecule has 0 unspecified atom stereocenters. The third kappa shape index (κ3) is 3.42. The van der Waals surface area contributed by atoms with E-state index in [1.54, 1.807) is 36.4 Å². The molecule has 128 valence electrons. The summed E-state index contributed by atoms with van der Waals surface area (Å²) in [7, 11) is -3.62. The van der Waals surface area contributed by atoms with Gasteiger partial charge >= 0.3 is 0 Å². The van der Waals surface area contributed by atoms with E-state index in [1.165, 1.54) is 0 Å². The van der Waals surface area contributed by atoms with E-state index in [0.29, 0.717) is 17.6 Å². The summed E-state index contributed by atoms with van der Waals surface area (Å²) >= 11 is 3.29. The third-order valence-corrected chi connectivity index (χ3v) is 5.83. The molecule has 1 aliphatic rings. The zero-order valence-corrected chi connectivity index (χ0v) is 15.4. The quantitative estimate of drug-likeness (QED) is 0.685. The highest BCUT2D eigenvalue weighted by molar-refractivity contribution is 9.10. The van der Waals surface area contributed by atoms with Gasteiger partial charge in [-0.3, -0.25) is 4.72 Å². The third-order valence-electron chi connectivity index (χ3n) is 3.90. The fourth-order valence-electron chi connectivity index (χ4n) is 2.46. The van der Waals surface area contributed by atoms with Crippen LogP contribution in [0.15, 0.2) is 57.9 Å². The van der Waals surface area contributed by atoms with Crippen LogP contribution in [0.1, 0.15) is 18.9 Å². The van der Waals surface area contributed by atoms with E-state index < -0.39 is 10.0 Å². The standard InChI is InChI=1S/C16H14BrN5O2S/c17-12-3-9-15(10-4-12)25(23,24)19-13-5-1-11(2-6-13)16-18-20-21-22(16)14-7-8-14/h1-6,9-10,14,19H,7-8H2. The fraction of sp³-hybridized carbons (Fsp3) is 0.188. The SMILES string of the molecule is O=S(=O)(Nc1ccc(-c2nnnn2C2CC2)cc1)c1ccc(Br)cc1. The lowest BCUT2D eigenvalue weighted by Crippen LogP contribution is -2.12. The van der Waals surface area contributed by atoms with Gasteiger partial charge in [0.25, 0.3) is 10.0 Å². The zero-order valence-electron chi connectivity index (χ0n) is 13.0. The summed E-state index contributed by atoms with van der Waals surface area (Å²) in [6, 6.07) is 13.9. The molecule has 1 fully saturated rings. The minimum atomic E-state index is -3.62. The van der Waals surface area contributed by atoms with Crippen molar-refractivity contribution in [3.05, 3.63) is 53.0 Å². The maximum Gasteiger partial charge on any atom is 0.261 e. The summed E-state index contributed by atoms with van der Waals surface area (Å²) in [6.07, 6.45) is 2.17. The second-order valence-corrected chi connectivity index (χ2v) is 8.41. The number of halogens is 1. The van der Waals surface area contributed by atoms with E-state index >= 15 is 0 Å². The van der Waals surface area contributed by atoms with Crippen molar-refractivity contribution in [3.8, 4) is 11.4 Å². The second kappa shape index (κ2) is 6.23. The first-order chi connectivity index (χ1) is 12.0. The lowest BCUT2D eigenvalue weighted by atomic mass is 10.2. The van der Waals surface area contributed by atoms with Gasteiger partial charge < -0.3 is 0 Å². The van der Waals surface area contributed by atoms with Gasteiger partial charge in [-0.15, -0.1) is 5.10 Å². The molecular weight excluding hydrogens is 406 g/mol. The van der Waals surface area contributed by atoms with Crippen molar-refractivity contribution in [2.24, 2.45) is 0 Å². The number of rotatable bonds is 5. The highest BCUT2D eigenvalue weighted by atomic mass is 79.9. The van der Waals surface area contributed by atoms with Gasteiger partial charge in [-0.2, -0.15) is 0 Å². The van der Waals surface area contributed by atoms with Crippen molar-refractivity contribution in [3.63, 3.8) is 0 Å². The van der Waals surface area contributed by atoms with E-state index in [4.69, 9.17) is 0 Å². The Labute approximate surface area is 153 Å². The second-order valence-electron chi connectivity index (χ2n) is 5.82. The number of benzene rings is 2. The van der Waals surface area contributed by atoms with Crippen LogP contribution < -0.4 is 4.72 Å². The van der Waals surface area contributed by atoms with Gasteiger partial charge in [-0.05, 0) is 71.8 Å². The first kappa shape index (κ1) is 16.2. The first-order valence-electron chi connectivity index (χ1n) is 7.70. The Morgan fingerprint density at radius 2 is 1.72 bits per heavy atom. The number of nitrogens with one attached hydrogen (secondary N) is 1. The fourth-order valence-corrected chi connectivity index (χ4v) is 3.79. The van der Waals surface area contributed by atoms with E-state index in [0.717, 1.165) is 22.9 Å². The van der Waals surface area contributed by atoms with E-state index in [9.17, 15) is 8.42 Å². The smallest absolute Gasteiger partial charge is 0.261 e. The highest BCUT2D eigenvalue weighted by Crippen LogP contribution is 2.36. The van der Waals surface area contributed by atoms with Gasteiger partial charge in [0, 0.05) is 15.7 Å². The average molecular weight is 420 g/mol. The van der Waals surface area contributed by atoms with E-state index in [1.807, 2.05) is 16.8 Å². The molecule has 0 spiro atoms. The molecule has 0 saturated heterocycles. The molecule has 1 aromatic heterocycles. The molecule has 9 heteroatoms. The summed E-state index contributed by atoms with van der Waals surface area (Å²) in [5, 5.41) is 11.8. The van der Waals surface area contributed by atoms with E-state index in [2.05, 4.69) is 36.2 Å². The molecule has 7 nitrogen and oxygen atoms in total. The molecule has 1 N–H and O–H groups in total. The molecule has 2 aromatic carbocycles. The Hall–Kier alpha value is -2.26. The van der Waals surface area contributed by atoms with Crippen LogP contribution in [-0.4, -0.2) is 28.6 Å². The molecular formula is C16H14BrN5O2S. The lowest BCUT2D eigenvalue weighted by molar-refractivity contribution is 0.601.